The minimum atomic E-state index is 0.788. The zero-order valence-electron chi connectivity index (χ0n) is 14.0. The number of anilines is 2. The summed E-state index contributed by atoms with van der Waals surface area (Å²) in [5.74, 6) is 1.79. The number of rotatable bonds is 7. The van der Waals surface area contributed by atoms with Crippen LogP contribution in [0.3, 0.4) is 0 Å². The van der Waals surface area contributed by atoms with Crippen LogP contribution in [-0.4, -0.2) is 41.6 Å². The standard InChI is InChI=1S/C17H25N5/c1-5-22(6-2)16-13-14(3)19-17(20-16)21(4)12-9-15-7-10-18-11-8-15/h7-8,10-11,13H,5-6,9,12H2,1-4H3. The fourth-order valence-electron chi connectivity index (χ4n) is 2.36. The Bertz CT molecular complexity index is 581. The Kier molecular flexibility index (Phi) is 5.69. The lowest BCUT2D eigenvalue weighted by Gasteiger charge is -2.23. The first-order chi connectivity index (χ1) is 10.6. The zero-order chi connectivity index (χ0) is 15.9. The SMILES string of the molecule is CCN(CC)c1cc(C)nc(N(C)CCc2ccncc2)n1. The van der Waals surface area contributed by atoms with Crippen LogP contribution in [0.15, 0.2) is 30.6 Å². The number of pyridine rings is 1. The predicted molar refractivity (Wildman–Crippen MR) is 91.5 cm³/mol. The second-order valence-electron chi connectivity index (χ2n) is 5.37. The van der Waals surface area contributed by atoms with Gasteiger partial charge in [-0.15, -0.1) is 0 Å². The number of hydrogen-bond donors (Lipinski definition) is 0. The maximum Gasteiger partial charge on any atom is 0.227 e. The third-order valence-electron chi connectivity index (χ3n) is 3.74. The van der Waals surface area contributed by atoms with E-state index in [0.717, 1.165) is 43.5 Å². The van der Waals surface area contributed by atoms with E-state index >= 15 is 0 Å². The molecule has 0 bridgehead atoms. The second kappa shape index (κ2) is 7.73. The van der Waals surface area contributed by atoms with Crippen molar-refractivity contribution < 1.29 is 0 Å². The van der Waals surface area contributed by atoms with Gasteiger partial charge < -0.3 is 9.80 Å². The summed E-state index contributed by atoms with van der Waals surface area (Å²) in [5.41, 5.74) is 2.28. The van der Waals surface area contributed by atoms with Gasteiger partial charge in [-0.3, -0.25) is 4.98 Å². The molecule has 0 spiro atoms. The number of hydrogen-bond acceptors (Lipinski definition) is 5. The van der Waals surface area contributed by atoms with Gasteiger partial charge in [0.25, 0.3) is 0 Å². The number of aromatic nitrogens is 3. The molecule has 0 atom stereocenters. The molecular formula is C17H25N5. The molecule has 5 heteroatoms. The Morgan fingerprint density at radius 2 is 1.73 bits per heavy atom. The van der Waals surface area contributed by atoms with Gasteiger partial charge in [0.05, 0.1) is 0 Å². The van der Waals surface area contributed by atoms with Gasteiger partial charge >= 0.3 is 0 Å². The largest absolute Gasteiger partial charge is 0.357 e. The quantitative estimate of drug-likeness (QED) is 0.786. The molecule has 0 aliphatic rings. The van der Waals surface area contributed by atoms with E-state index in [1.807, 2.05) is 44.6 Å². The second-order valence-corrected chi connectivity index (χ2v) is 5.37. The van der Waals surface area contributed by atoms with Gasteiger partial charge in [0.2, 0.25) is 5.95 Å². The summed E-state index contributed by atoms with van der Waals surface area (Å²) in [7, 11) is 2.04. The third-order valence-corrected chi connectivity index (χ3v) is 3.74. The van der Waals surface area contributed by atoms with Crippen molar-refractivity contribution in [3.05, 3.63) is 41.9 Å². The van der Waals surface area contributed by atoms with Crippen molar-refractivity contribution in [2.75, 3.05) is 36.5 Å². The summed E-state index contributed by atoms with van der Waals surface area (Å²) >= 11 is 0. The van der Waals surface area contributed by atoms with Gasteiger partial charge in [-0.25, -0.2) is 4.98 Å². The molecule has 2 aromatic rings. The highest BCUT2D eigenvalue weighted by atomic mass is 15.3. The van der Waals surface area contributed by atoms with E-state index in [-0.39, 0.29) is 0 Å². The topological polar surface area (TPSA) is 45.2 Å². The lowest BCUT2D eigenvalue weighted by Crippen LogP contribution is -2.27. The normalized spacial score (nSPS) is 10.5. The molecular weight excluding hydrogens is 274 g/mol. The van der Waals surface area contributed by atoms with Crippen LogP contribution < -0.4 is 9.80 Å². The monoisotopic (exact) mass is 299 g/mol. The molecule has 0 N–H and O–H groups in total. The Labute approximate surface area is 133 Å². The fourth-order valence-corrected chi connectivity index (χ4v) is 2.36. The van der Waals surface area contributed by atoms with Crippen LogP contribution >= 0.6 is 0 Å². The highest BCUT2D eigenvalue weighted by Crippen LogP contribution is 2.16. The summed E-state index contributed by atoms with van der Waals surface area (Å²) in [5, 5.41) is 0. The van der Waals surface area contributed by atoms with Crippen LogP contribution in [0.25, 0.3) is 0 Å². The van der Waals surface area contributed by atoms with Gasteiger partial charge in [-0.2, -0.15) is 4.98 Å². The maximum absolute atomic E-state index is 4.72. The van der Waals surface area contributed by atoms with Crippen LogP contribution in [0.4, 0.5) is 11.8 Å². The number of nitrogens with zero attached hydrogens (tertiary/aromatic N) is 5. The van der Waals surface area contributed by atoms with E-state index in [9.17, 15) is 0 Å². The lowest BCUT2D eigenvalue weighted by molar-refractivity contribution is 0.805. The number of likely N-dealkylation sites (N-methyl/N-ethyl adjacent to an activating group) is 1. The maximum atomic E-state index is 4.72. The first kappa shape index (κ1) is 16.2. The summed E-state index contributed by atoms with van der Waals surface area (Å²) < 4.78 is 0. The van der Waals surface area contributed by atoms with E-state index in [1.54, 1.807) is 0 Å². The summed E-state index contributed by atoms with van der Waals surface area (Å²) in [6.45, 7) is 9.10. The van der Waals surface area contributed by atoms with Crippen molar-refractivity contribution in [1.29, 1.82) is 0 Å². The number of aryl methyl sites for hydroxylation is 1. The Hall–Kier alpha value is -2.17. The third kappa shape index (κ3) is 4.16. The van der Waals surface area contributed by atoms with E-state index in [0.29, 0.717) is 0 Å². The van der Waals surface area contributed by atoms with Gasteiger partial charge in [0.15, 0.2) is 0 Å². The Morgan fingerprint density at radius 1 is 1.05 bits per heavy atom. The molecule has 0 aromatic carbocycles. The smallest absolute Gasteiger partial charge is 0.227 e. The highest BCUT2D eigenvalue weighted by molar-refractivity contribution is 5.45. The van der Waals surface area contributed by atoms with E-state index in [2.05, 4.69) is 33.6 Å². The molecule has 2 rings (SSSR count). The highest BCUT2D eigenvalue weighted by Gasteiger charge is 2.10. The predicted octanol–water partition coefficient (Wildman–Crippen LogP) is 2.71. The van der Waals surface area contributed by atoms with Gasteiger partial charge in [0, 0.05) is 50.8 Å². The molecule has 0 amide bonds. The first-order valence-electron chi connectivity index (χ1n) is 7.84. The molecule has 22 heavy (non-hydrogen) atoms. The Morgan fingerprint density at radius 3 is 2.36 bits per heavy atom. The molecule has 0 unspecified atom stereocenters. The summed E-state index contributed by atoms with van der Waals surface area (Å²) in [6, 6.07) is 6.14. The molecule has 5 nitrogen and oxygen atoms in total. The summed E-state index contributed by atoms with van der Waals surface area (Å²) in [6.07, 6.45) is 4.62. The average Bonchev–Trinajstić information content (AvgIpc) is 2.54. The molecule has 0 fully saturated rings. The molecule has 0 aliphatic carbocycles. The van der Waals surface area contributed by atoms with Crippen LogP contribution in [0.5, 0.6) is 0 Å². The molecule has 0 saturated carbocycles. The van der Waals surface area contributed by atoms with Crippen molar-refractivity contribution in [3.8, 4) is 0 Å². The molecule has 0 aliphatic heterocycles. The molecule has 2 aromatic heterocycles. The Balaban J connectivity index is 2.10. The van der Waals surface area contributed by atoms with Crippen molar-refractivity contribution in [2.24, 2.45) is 0 Å². The van der Waals surface area contributed by atoms with E-state index in [1.165, 1.54) is 5.56 Å². The molecule has 2 heterocycles. The van der Waals surface area contributed by atoms with Gasteiger partial charge in [-0.1, -0.05) is 0 Å². The van der Waals surface area contributed by atoms with Gasteiger partial charge in [-0.05, 0) is 44.9 Å². The van der Waals surface area contributed by atoms with E-state index in [4.69, 9.17) is 4.98 Å². The fraction of sp³-hybridized carbons (Fsp3) is 0.471. The first-order valence-corrected chi connectivity index (χ1v) is 7.84. The van der Waals surface area contributed by atoms with Crippen LogP contribution in [0, 0.1) is 6.92 Å². The van der Waals surface area contributed by atoms with Crippen molar-refractivity contribution in [1.82, 2.24) is 15.0 Å². The zero-order valence-corrected chi connectivity index (χ0v) is 14.0. The van der Waals surface area contributed by atoms with E-state index < -0.39 is 0 Å². The van der Waals surface area contributed by atoms with Gasteiger partial charge in [0.1, 0.15) is 5.82 Å². The van der Waals surface area contributed by atoms with Crippen LogP contribution in [0.2, 0.25) is 0 Å². The van der Waals surface area contributed by atoms with Crippen molar-refractivity contribution >= 4 is 11.8 Å². The lowest BCUT2D eigenvalue weighted by atomic mass is 10.2. The molecule has 118 valence electrons. The molecule has 0 saturated heterocycles. The minimum absolute atomic E-state index is 0.788. The average molecular weight is 299 g/mol. The van der Waals surface area contributed by atoms with Crippen molar-refractivity contribution in [3.63, 3.8) is 0 Å². The minimum Gasteiger partial charge on any atom is -0.357 e. The summed E-state index contributed by atoms with van der Waals surface area (Å²) in [4.78, 5) is 17.7. The molecule has 0 radical (unpaired) electrons. The van der Waals surface area contributed by atoms with Crippen LogP contribution in [-0.2, 0) is 6.42 Å². The van der Waals surface area contributed by atoms with Crippen LogP contribution in [0.1, 0.15) is 25.1 Å². The van der Waals surface area contributed by atoms with Crippen molar-refractivity contribution in [2.45, 2.75) is 27.2 Å².